The second-order valence-corrected chi connectivity index (χ2v) is 8.61. The lowest BCUT2D eigenvalue weighted by Crippen LogP contribution is -2.56. The molecule has 1 unspecified atom stereocenters. The second-order valence-electron chi connectivity index (χ2n) is 5.94. The summed E-state index contributed by atoms with van der Waals surface area (Å²) in [4.78, 5) is 12.5. The van der Waals surface area contributed by atoms with Gasteiger partial charge in [0.25, 0.3) is 0 Å². The summed E-state index contributed by atoms with van der Waals surface area (Å²) in [6, 6.07) is 0. The van der Waals surface area contributed by atoms with Crippen LogP contribution in [-0.4, -0.2) is 37.4 Å². The van der Waals surface area contributed by atoms with Crippen molar-refractivity contribution in [2.75, 3.05) is 18.1 Å². The van der Waals surface area contributed by atoms with Crippen molar-refractivity contribution in [2.24, 2.45) is 23.0 Å². The third-order valence-corrected chi connectivity index (χ3v) is 6.41. The summed E-state index contributed by atoms with van der Waals surface area (Å²) in [6.45, 7) is 2.46. The molecule has 1 saturated heterocycles. The maximum absolute atomic E-state index is 12.2. The number of hydrogen-bond donors (Lipinski definition) is 2. The van der Waals surface area contributed by atoms with Crippen molar-refractivity contribution in [1.29, 1.82) is 0 Å². The standard InChI is InChI=1S/C12H20N2O3S2/c1-8-4-12(5-8,10(13)18)11(15)14-6-9-2-3-19(16,17)7-9/h8-9H,2-7H2,1H3,(H2,13,18)(H,14,15). The lowest BCUT2D eigenvalue weighted by atomic mass is 9.62. The van der Waals surface area contributed by atoms with Crippen molar-refractivity contribution in [2.45, 2.75) is 26.2 Å². The SMILES string of the molecule is CC1CC(C(=O)NCC2CCS(=O)(=O)C2)(C(N)=S)C1. The second kappa shape index (κ2) is 5.01. The molecule has 0 spiro atoms. The van der Waals surface area contributed by atoms with Gasteiger partial charge in [-0.1, -0.05) is 19.1 Å². The summed E-state index contributed by atoms with van der Waals surface area (Å²) in [6.07, 6.45) is 2.01. The van der Waals surface area contributed by atoms with Gasteiger partial charge in [0.2, 0.25) is 5.91 Å². The first-order valence-corrected chi connectivity index (χ1v) is 8.77. The van der Waals surface area contributed by atoms with Crippen LogP contribution in [0.5, 0.6) is 0 Å². The van der Waals surface area contributed by atoms with Crippen LogP contribution in [0.15, 0.2) is 0 Å². The van der Waals surface area contributed by atoms with Crippen molar-refractivity contribution in [1.82, 2.24) is 5.32 Å². The summed E-state index contributed by atoms with van der Waals surface area (Å²) in [7, 11) is -2.90. The van der Waals surface area contributed by atoms with Crippen LogP contribution in [0.4, 0.5) is 0 Å². The summed E-state index contributed by atoms with van der Waals surface area (Å²) >= 11 is 5.02. The Balaban J connectivity index is 1.89. The van der Waals surface area contributed by atoms with Gasteiger partial charge in [-0.3, -0.25) is 4.79 Å². The van der Waals surface area contributed by atoms with Gasteiger partial charge >= 0.3 is 0 Å². The van der Waals surface area contributed by atoms with Gasteiger partial charge < -0.3 is 11.1 Å². The molecule has 1 atom stereocenters. The minimum atomic E-state index is -2.90. The first-order chi connectivity index (χ1) is 8.75. The molecule has 1 amide bonds. The fourth-order valence-electron chi connectivity index (χ4n) is 3.07. The van der Waals surface area contributed by atoms with Crippen molar-refractivity contribution in [3.8, 4) is 0 Å². The highest BCUT2D eigenvalue weighted by Crippen LogP contribution is 2.46. The smallest absolute Gasteiger partial charge is 0.233 e. The zero-order valence-corrected chi connectivity index (χ0v) is 12.6. The first kappa shape index (κ1) is 14.7. The molecule has 2 fully saturated rings. The largest absolute Gasteiger partial charge is 0.392 e. The van der Waals surface area contributed by atoms with Crippen LogP contribution in [0, 0.1) is 17.3 Å². The minimum Gasteiger partial charge on any atom is -0.392 e. The summed E-state index contributed by atoms with van der Waals surface area (Å²) in [5, 5.41) is 2.84. The Kier molecular flexibility index (Phi) is 3.88. The Hall–Kier alpha value is -0.690. The number of sulfone groups is 1. The lowest BCUT2D eigenvalue weighted by molar-refractivity contribution is -0.133. The van der Waals surface area contributed by atoms with Crippen molar-refractivity contribution >= 4 is 33.0 Å². The van der Waals surface area contributed by atoms with E-state index in [-0.39, 0.29) is 28.3 Å². The highest BCUT2D eigenvalue weighted by molar-refractivity contribution is 7.91. The number of hydrogen-bond acceptors (Lipinski definition) is 4. The molecule has 1 saturated carbocycles. The van der Waals surface area contributed by atoms with E-state index in [0.29, 0.717) is 31.7 Å². The molecule has 2 aliphatic rings. The Morgan fingerprint density at radius 3 is 2.53 bits per heavy atom. The topological polar surface area (TPSA) is 89.3 Å². The maximum Gasteiger partial charge on any atom is 0.233 e. The molecule has 0 radical (unpaired) electrons. The quantitative estimate of drug-likeness (QED) is 0.726. The molecule has 19 heavy (non-hydrogen) atoms. The monoisotopic (exact) mass is 304 g/mol. The van der Waals surface area contributed by atoms with Gasteiger partial charge in [0, 0.05) is 6.54 Å². The number of nitrogens with one attached hydrogen (secondary N) is 1. The number of rotatable bonds is 4. The predicted octanol–water partition coefficient (Wildman–Crippen LogP) is 0.240. The van der Waals surface area contributed by atoms with Crippen molar-refractivity contribution < 1.29 is 13.2 Å². The summed E-state index contributed by atoms with van der Waals surface area (Å²) in [5.41, 5.74) is 5.00. The van der Waals surface area contributed by atoms with Crippen molar-refractivity contribution in [3.63, 3.8) is 0 Å². The predicted molar refractivity (Wildman–Crippen MR) is 77.4 cm³/mol. The molecule has 1 aliphatic carbocycles. The van der Waals surface area contributed by atoms with Crippen LogP contribution in [0.3, 0.4) is 0 Å². The van der Waals surface area contributed by atoms with E-state index in [1.54, 1.807) is 0 Å². The Morgan fingerprint density at radius 2 is 2.11 bits per heavy atom. The molecular weight excluding hydrogens is 284 g/mol. The summed E-state index contributed by atoms with van der Waals surface area (Å²) < 4.78 is 22.7. The Bertz CT molecular complexity index is 495. The van der Waals surface area contributed by atoms with E-state index >= 15 is 0 Å². The zero-order chi connectivity index (χ0) is 14.3. The average Bonchev–Trinajstić information content (AvgIpc) is 2.60. The number of amides is 1. The molecule has 0 aromatic rings. The number of carbonyl (C=O) groups excluding carboxylic acids is 1. The highest BCUT2D eigenvalue weighted by atomic mass is 32.2. The van der Waals surface area contributed by atoms with Gasteiger partial charge in [0.1, 0.15) is 0 Å². The van der Waals surface area contributed by atoms with Gasteiger partial charge in [-0.15, -0.1) is 0 Å². The zero-order valence-electron chi connectivity index (χ0n) is 11.0. The van der Waals surface area contributed by atoms with Gasteiger partial charge in [0.15, 0.2) is 9.84 Å². The number of carbonyl (C=O) groups is 1. The molecule has 0 aromatic carbocycles. The molecule has 108 valence electrons. The summed E-state index contributed by atoms with van der Waals surface area (Å²) in [5.74, 6) is 0.741. The highest BCUT2D eigenvalue weighted by Gasteiger charge is 2.50. The molecular formula is C12H20N2O3S2. The molecule has 5 nitrogen and oxygen atoms in total. The lowest BCUT2D eigenvalue weighted by Gasteiger charge is -2.44. The average molecular weight is 304 g/mol. The van der Waals surface area contributed by atoms with E-state index in [4.69, 9.17) is 18.0 Å². The van der Waals surface area contributed by atoms with Crippen LogP contribution >= 0.6 is 12.2 Å². The van der Waals surface area contributed by atoms with E-state index in [1.807, 2.05) is 0 Å². The molecule has 3 N–H and O–H groups in total. The number of nitrogens with two attached hydrogens (primary N) is 1. The maximum atomic E-state index is 12.2. The van der Waals surface area contributed by atoms with Crippen LogP contribution < -0.4 is 11.1 Å². The third-order valence-electron chi connectivity index (χ3n) is 4.18. The molecule has 0 aromatic heterocycles. The van der Waals surface area contributed by atoms with E-state index in [1.165, 1.54) is 0 Å². The Labute approximate surface area is 119 Å². The van der Waals surface area contributed by atoms with E-state index < -0.39 is 15.3 Å². The van der Waals surface area contributed by atoms with Crippen LogP contribution in [-0.2, 0) is 14.6 Å². The normalized spacial score (nSPS) is 36.5. The molecule has 0 bridgehead atoms. The third kappa shape index (κ3) is 2.91. The van der Waals surface area contributed by atoms with Crippen molar-refractivity contribution in [3.05, 3.63) is 0 Å². The Morgan fingerprint density at radius 1 is 1.47 bits per heavy atom. The van der Waals surface area contributed by atoms with Gasteiger partial charge in [0.05, 0.1) is 21.9 Å². The van der Waals surface area contributed by atoms with Crippen LogP contribution in [0.1, 0.15) is 26.2 Å². The van der Waals surface area contributed by atoms with Gasteiger partial charge in [-0.25, -0.2) is 8.42 Å². The molecule has 7 heteroatoms. The van der Waals surface area contributed by atoms with E-state index in [2.05, 4.69) is 12.2 Å². The van der Waals surface area contributed by atoms with E-state index in [9.17, 15) is 13.2 Å². The first-order valence-electron chi connectivity index (χ1n) is 6.54. The number of thiocarbonyl (C=S) groups is 1. The molecule has 1 heterocycles. The fourth-order valence-corrected chi connectivity index (χ4v) is 5.19. The van der Waals surface area contributed by atoms with Crippen LogP contribution in [0.25, 0.3) is 0 Å². The van der Waals surface area contributed by atoms with Gasteiger partial charge in [-0.05, 0) is 31.1 Å². The molecule has 1 aliphatic heterocycles. The fraction of sp³-hybridized carbons (Fsp3) is 0.833. The van der Waals surface area contributed by atoms with Crippen LogP contribution in [0.2, 0.25) is 0 Å². The molecule has 2 rings (SSSR count). The van der Waals surface area contributed by atoms with Gasteiger partial charge in [-0.2, -0.15) is 0 Å². The minimum absolute atomic E-state index is 0.0230. The van der Waals surface area contributed by atoms with E-state index in [0.717, 1.165) is 0 Å².